The summed E-state index contributed by atoms with van der Waals surface area (Å²) in [5.74, 6) is 1.32. The first-order valence-corrected chi connectivity index (χ1v) is 6.61. The van der Waals surface area contributed by atoms with E-state index in [0.29, 0.717) is 22.2 Å². The van der Waals surface area contributed by atoms with Crippen molar-refractivity contribution >= 4 is 23.2 Å². The quantitative estimate of drug-likeness (QED) is 0.635. The Bertz CT molecular complexity index is 409. The Morgan fingerprint density at radius 3 is 2.69 bits per heavy atom. The second kappa shape index (κ2) is 3.85. The fourth-order valence-corrected chi connectivity index (χ4v) is 4.45. The van der Waals surface area contributed by atoms with Crippen LogP contribution in [0.3, 0.4) is 0 Å². The molecule has 0 heterocycles. The first-order valence-electron chi connectivity index (χ1n) is 5.85. The zero-order chi connectivity index (χ0) is 11.3. The van der Waals surface area contributed by atoms with Gasteiger partial charge in [0.25, 0.3) is 0 Å². The van der Waals surface area contributed by atoms with Gasteiger partial charge in [-0.2, -0.15) is 0 Å². The van der Waals surface area contributed by atoms with Crippen molar-refractivity contribution < 1.29 is 0 Å². The van der Waals surface area contributed by atoms with Crippen molar-refractivity contribution in [3.8, 4) is 0 Å². The molecule has 2 bridgehead atoms. The topological polar surface area (TPSA) is 29.4 Å². The normalized spacial score (nSPS) is 36.6. The van der Waals surface area contributed by atoms with Gasteiger partial charge in [-0.15, -0.1) is 4.91 Å². The number of halogens is 2. The molecule has 3 unspecified atom stereocenters. The van der Waals surface area contributed by atoms with E-state index >= 15 is 0 Å². The molecular formula is C12H13Cl2NO. The zero-order valence-corrected chi connectivity index (χ0v) is 10.4. The maximum Gasteiger partial charge on any atom is 0.106 e. The molecule has 16 heavy (non-hydrogen) atoms. The van der Waals surface area contributed by atoms with E-state index in [1.54, 1.807) is 0 Å². The lowest BCUT2D eigenvalue weighted by Crippen LogP contribution is -2.18. The lowest BCUT2D eigenvalue weighted by Gasteiger charge is -2.28. The molecule has 0 aliphatic heterocycles. The van der Waals surface area contributed by atoms with Gasteiger partial charge in [-0.3, -0.25) is 0 Å². The first kappa shape index (κ1) is 10.8. The second-order valence-electron chi connectivity index (χ2n) is 4.94. The fourth-order valence-electron chi connectivity index (χ4n) is 3.91. The predicted octanol–water partition coefficient (Wildman–Crippen LogP) is 4.54. The van der Waals surface area contributed by atoms with Crippen LogP contribution in [-0.2, 0) is 0 Å². The molecule has 0 spiro atoms. The average molecular weight is 258 g/mol. The maximum absolute atomic E-state index is 10.9. The van der Waals surface area contributed by atoms with Gasteiger partial charge in [0.2, 0.25) is 0 Å². The molecule has 0 saturated heterocycles. The summed E-state index contributed by atoms with van der Waals surface area (Å²) in [6, 6.07) is 0. The van der Waals surface area contributed by atoms with Crippen molar-refractivity contribution in [3.05, 3.63) is 26.2 Å². The van der Waals surface area contributed by atoms with Crippen LogP contribution in [0.15, 0.2) is 26.5 Å². The number of nitrogens with zero attached hydrogens (tertiary/aromatic N) is 1. The average Bonchev–Trinajstić information content (AvgIpc) is 2.84. The summed E-state index contributed by atoms with van der Waals surface area (Å²) < 4.78 is 0.430. The van der Waals surface area contributed by atoms with E-state index in [1.807, 2.05) is 0 Å². The van der Waals surface area contributed by atoms with Crippen LogP contribution in [0, 0.1) is 22.7 Å². The maximum atomic E-state index is 10.9. The SMILES string of the molecule is O=NC1=C2C3CCC(C3=C(Cl)Cl)C2CCC1. The van der Waals surface area contributed by atoms with E-state index in [-0.39, 0.29) is 0 Å². The van der Waals surface area contributed by atoms with E-state index in [2.05, 4.69) is 5.18 Å². The van der Waals surface area contributed by atoms with Crippen LogP contribution in [0.2, 0.25) is 0 Å². The van der Waals surface area contributed by atoms with Gasteiger partial charge in [0.05, 0.1) is 5.70 Å². The van der Waals surface area contributed by atoms with E-state index in [0.717, 1.165) is 25.0 Å². The summed E-state index contributed by atoms with van der Waals surface area (Å²) in [4.78, 5) is 10.9. The van der Waals surface area contributed by atoms with Gasteiger partial charge in [0, 0.05) is 5.92 Å². The van der Waals surface area contributed by atoms with Gasteiger partial charge in [-0.05, 0) is 60.3 Å². The Balaban J connectivity index is 2.13. The van der Waals surface area contributed by atoms with Gasteiger partial charge in [-0.1, -0.05) is 23.2 Å². The van der Waals surface area contributed by atoms with Crippen LogP contribution in [0.4, 0.5) is 0 Å². The summed E-state index contributed by atoms with van der Waals surface area (Å²) in [6.45, 7) is 0. The first-order chi connectivity index (χ1) is 7.74. The third kappa shape index (κ3) is 1.32. The summed E-state index contributed by atoms with van der Waals surface area (Å²) >= 11 is 12.0. The third-order valence-corrected chi connectivity index (χ3v) is 4.83. The summed E-state index contributed by atoms with van der Waals surface area (Å²) in [5.41, 5.74) is 3.24. The van der Waals surface area contributed by atoms with Crippen LogP contribution in [0.1, 0.15) is 32.1 Å². The van der Waals surface area contributed by atoms with E-state index in [9.17, 15) is 4.91 Å². The van der Waals surface area contributed by atoms with Crippen LogP contribution in [-0.4, -0.2) is 0 Å². The van der Waals surface area contributed by atoms with Gasteiger partial charge in [-0.25, -0.2) is 0 Å². The highest BCUT2D eigenvalue weighted by Gasteiger charge is 2.50. The Kier molecular flexibility index (Phi) is 2.60. The molecule has 0 radical (unpaired) electrons. The Labute approximate surface area is 105 Å². The highest BCUT2D eigenvalue weighted by Crippen LogP contribution is 2.61. The minimum Gasteiger partial charge on any atom is -0.145 e. The van der Waals surface area contributed by atoms with Crippen LogP contribution in [0.25, 0.3) is 0 Å². The Morgan fingerprint density at radius 1 is 1.19 bits per heavy atom. The van der Waals surface area contributed by atoms with Crippen LogP contribution < -0.4 is 0 Å². The minimum absolute atomic E-state index is 0.327. The standard InChI is InChI=1S/C12H13Cl2NO/c13-12(14)11-7-4-5-8(11)10-6(7)2-1-3-9(10)15-16/h6-8H,1-5H2. The third-order valence-electron chi connectivity index (χ3n) is 4.39. The molecular weight excluding hydrogens is 245 g/mol. The number of nitroso groups, excluding NO2 is 1. The molecule has 86 valence electrons. The summed E-state index contributed by atoms with van der Waals surface area (Å²) in [5, 5.41) is 3.22. The zero-order valence-electron chi connectivity index (χ0n) is 8.88. The number of allylic oxidation sites excluding steroid dienone is 3. The molecule has 3 aliphatic rings. The molecule has 0 aromatic carbocycles. The fraction of sp³-hybridized carbons (Fsp3) is 0.667. The predicted molar refractivity (Wildman–Crippen MR) is 65.1 cm³/mol. The van der Waals surface area contributed by atoms with Crippen LogP contribution in [0.5, 0.6) is 0 Å². The number of hydrogen-bond acceptors (Lipinski definition) is 2. The largest absolute Gasteiger partial charge is 0.145 e. The summed E-state index contributed by atoms with van der Waals surface area (Å²) in [7, 11) is 0. The molecule has 3 atom stereocenters. The smallest absolute Gasteiger partial charge is 0.106 e. The second-order valence-corrected chi connectivity index (χ2v) is 5.89. The Morgan fingerprint density at radius 2 is 2.00 bits per heavy atom. The molecule has 3 rings (SSSR count). The van der Waals surface area contributed by atoms with Crippen LogP contribution >= 0.6 is 23.2 Å². The molecule has 3 aliphatic carbocycles. The van der Waals surface area contributed by atoms with Gasteiger partial charge >= 0.3 is 0 Å². The number of hydrogen-bond donors (Lipinski definition) is 0. The van der Waals surface area contributed by atoms with Gasteiger partial charge < -0.3 is 0 Å². The highest BCUT2D eigenvalue weighted by molar-refractivity contribution is 6.56. The van der Waals surface area contributed by atoms with Crippen molar-refractivity contribution in [1.29, 1.82) is 0 Å². The van der Waals surface area contributed by atoms with Crippen molar-refractivity contribution in [1.82, 2.24) is 0 Å². The molecule has 4 heteroatoms. The minimum atomic E-state index is 0.327. The molecule has 2 nitrogen and oxygen atoms in total. The van der Waals surface area contributed by atoms with Gasteiger partial charge in [0.15, 0.2) is 0 Å². The van der Waals surface area contributed by atoms with Crippen molar-refractivity contribution in [3.63, 3.8) is 0 Å². The Hall–Kier alpha value is -0.340. The number of fused-ring (bicyclic) bond motifs is 5. The highest BCUT2D eigenvalue weighted by atomic mass is 35.5. The van der Waals surface area contributed by atoms with E-state index in [4.69, 9.17) is 23.2 Å². The summed E-state index contributed by atoms with van der Waals surface area (Å²) in [6.07, 6.45) is 5.34. The van der Waals surface area contributed by atoms with Crippen molar-refractivity contribution in [2.75, 3.05) is 0 Å². The van der Waals surface area contributed by atoms with Crippen molar-refractivity contribution in [2.45, 2.75) is 32.1 Å². The molecule has 2 saturated carbocycles. The number of rotatable bonds is 1. The van der Waals surface area contributed by atoms with Crippen molar-refractivity contribution in [2.24, 2.45) is 22.9 Å². The van der Waals surface area contributed by atoms with E-state index < -0.39 is 0 Å². The monoisotopic (exact) mass is 257 g/mol. The molecule has 0 N–H and O–H groups in total. The molecule has 0 aromatic heterocycles. The van der Waals surface area contributed by atoms with E-state index in [1.165, 1.54) is 24.0 Å². The molecule has 0 amide bonds. The lowest BCUT2D eigenvalue weighted by atomic mass is 9.76. The van der Waals surface area contributed by atoms with Gasteiger partial charge in [0.1, 0.15) is 4.49 Å². The lowest BCUT2D eigenvalue weighted by molar-refractivity contribution is 0.366. The molecule has 2 fully saturated rings. The molecule has 0 aromatic rings.